The van der Waals surface area contributed by atoms with Crippen molar-refractivity contribution in [3.8, 4) is 0 Å². The zero-order valence-corrected chi connectivity index (χ0v) is 16.4. The van der Waals surface area contributed by atoms with Crippen LogP contribution in [0.15, 0.2) is 0 Å². The van der Waals surface area contributed by atoms with E-state index in [1.807, 2.05) is 0 Å². The average molecular weight is 343 g/mol. The van der Waals surface area contributed by atoms with Crippen molar-refractivity contribution in [3.63, 3.8) is 0 Å². The Morgan fingerprint density at radius 1 is 0.750 bits per heavy atom. The zero-order valence-electron chi connectivity index (χ0n) is 16.4. The minimum Gasteiger partial charge on any atom is -0.463 e. The topological polar surface area (TPSA) is 46.5 Å². The van der Waals surface area contributed by atoms with Gasteiger partial charge in [0.25, 0.3) is 0 Å². The van der Waals surface area contributed by atoms with Crippen LogP contribution in [0, 0.1) is 0 Å². The predicted octanol–water partition coefficient (Wildman–Crippen LogP) is 6.17. The van der Waals surface area contributed by atoms with Crippen LogP contribution in [0.4, 0.5) is 0 Å². The summed E-state index contributed by atoms with van der Waals surface area (Å²) < 4.78 is 4.93. The molecular formula is C21H42O3. The van der Waals surface area contributed by atoms with Crippen molar-refractivity contribution in [1.82, 2.24) is 0 Å². The molecule has 0 bridgehead atoms. The van der Waals surface area contributed by atoms with Crippen LogP contribution in [0.3, 0.4) is 0 Å². The van der Waals surface area contributed by atoms with Crippen LogP contribution in [-0.2, 0) is 9.53 Å². The van der Waals surface area contributed by atoms with Crippen molar-refractivity contribution >= 4 is 5.97 Å². The molecule has 0 saturated heterocycles. The number of carbonyl (C=O) groups is 1. The number of esters is 1. The summed E-state index contributed by atoms with van der Waals surface area (Å²) in [6, 6.07) is 0. The summed E-state index contributed by atoms with van der Waals surface area (Å²) >= 11 is 0. The van der Waals surface area contributed by atoms with Gasteiger partial charge in [-0.05, 0) is 13.3 Å². The number of ether oxygens (including phenoxy) is 1. The molecule has 0 aromatic rings. The highest BCUT2D eigenvalue weighted by molar-refractivity contribution is 5.69. The highest BCUT2D eigenvalue weighted by atomic mass is 16.5. The van der Waals surface area contributed by atoms with E-state index in [1.54, 1.807) is 6.92 Å². The first-order chi connectivity index (χ1) is 11.7. The van der Waals surface area contributed by atoms with E-state index in [4.69, 9.17) is 9.84 Å². The standard InChI is InChI=1S/C21H42O3/c1-3-4-5-6-7-8-9-10-11-12-13-14-15-16-17-18-21(23)24-19-20(2)22/h20,22H,3-19H2,1-2H3/t20-/m0/s1. The van der Waals surface area contributed by atoms with E-state index in [2.05, 4.69) is 6.92 Å². The minimum atomic E-state index is -0.560. The Hall–Kier alpha value is -0.570. The van der Waals surface area contributed by atoms with E-state index in [1.165, 1.54) is 83.5 Å². The normalized spacial score (nSPS) is 12.3. The van der Waals surface area contributed by atoms with E-state index in [-0.39, 0.29) is 12.6 Å². The molecule has 3 nitrogen and oxygen atoms in total. The first kappa shape index (κ1) is 23.4. The first-order valence-electron chi connectivity index (χ1n) is 10.5. The second-order valence-corrected chi connectivity index (χ2v) is 7.23. The molecule has 0 radical (unpaired) electrons. The average Bonchev–Trinajstić information content (AvgIpc) is 2.56. The summed E-state index contributed by atoms with van der Waals surface area (Å²) in [6.07, 6.45) is 19.8. The number of rotatable bonds is 18. The molecule has 1 atom stereocenters. The molecule has 0 aromatic heterocycles. The maximum atomic E-state index is 11.3. The van der Waals surface area contributed by atoms with Crippen LogP contribution in [0.5, 0.6) is 0 Å². The summed E-state index contributed by atoms with van der Waals surface area (Å²) in [5.74, 6) is -0.175. The van der Waals surface area contributed by atoms with Crippen LogP contribution in [0.25, 0.3) is 0 Å². The van der Waals surface area contributed by atoms with Crippen LogP contribution in [-0.4, -0.2) is 23.8 Å². The van der Waals surface area contributed by atoms with Gasteiger partial charge in [0.15, 0.2) is 0 Å². The van der Waals surface area contributed by atoms with E-state index in [9.17, 15) is 4.79 Å². The zero-order chi connectivity index (χ0) is 17.9. The van der Waals surface area contributed by atoms with Gasteiger partial charge in [-0.3, -0.25) is 4.79 Å². The third kappa shape index (κ3) is 19.5. The Morgan fingerprint density at radius 2 is 1.12 bits per heavy atom. The van der Waals surface area contributed by atoms with Gasteiger partial charge < -0.3 is 9.84 Å². The van der Waals surface area contributed by atoms with Crippen LogP contribution >= 0.6 is 0 Å². The number of aliphatic hydroxyl groups is 1. The molecule has 1 N–H and O–H groups in total. The highest BCUT2D eigenvalue weighted by Crippen LogP contribution is 2.13. The Labute approximate surface area is 150 Å². The van der Waals surface area contributed by atoms with Gasteiger partial charge >= 0.3 is 5.97 Å². The fraction of sp³-hybridized carbons (Fsp3) is 0.952. The highest BCUT2D eigenvalue weighted by Gasteiger charge is 2.04. The molecule has 0 heterocycles. The van der Waals surface area contributed by atoms with Crippen LogP contribution in [0.2, 0.25) is 0 Å². The predicted molar refractivity (Wildman–Crippen MR) is 102 cm³/mol. The fourth-order valence-electron chi connectivity index (χ4n) is 2.93. The Balaban J connectivity index is 3.08. The second-order valence-electron chi connectivity index (χ2n) is 7.23. The summed E-state index contributed by atoms with van der Waals surface area (Å²) in [7, 11) is 0. The summed E-state index contributed by atoms with van der Waals surface area (Å²) in [4.78, 5) is 11.3. The number of hydrogen-bond donors (Lipinski definition) is 1. The molecule has 24 heavy (non-hydrogen) atoms. The third-order valence-electron chi connectivity index (χ3n) is 4.47. The lowest BCUT2D eigenvalue weighted by atomic mass is 10.0. The van der Waals surface area contributed by atoms with Crippen molar-refractivity contribution in [2.75, 3.05) is 6.61 Å². The van der Waals surface area contributed by atoms with Gasteiger partial charge in [0, 0.05) is 6.42 Å². The molecule has 144 valence electrons. The molecule has 0 rings (SSSR count). The monoisotopic (exact) mass is 342 g/mol. The van der Waals surface area contributed by atoms with Crippen molar-refractivity contribution in [3.05, 3.63) is 0 Å². The quantitative estimate of drug-likeness (QED) is 0.239. The van der Waals surface area contributed by atoms with Crippen molar-refractivity contribution < 1.29 is 14.6 Å². The molecule has 0 spiro atoms. The molecular weight excluding hydrogens is 300 g/mol. The molecule has 0 unspecified atom stereocenters. The number of hydrogen-bond acceptors (Lipinski definition) is 3. The summed E-state index contributed by atoms with van der Waals surface area (Å²) in [5.41, 5.74) is 0. The van der Waals surface area contributed by atoms with Gasteiger partial charge in [-0.2, -0.15) is 0 Å². The van der Waals surface area contributed by atoms with Crippen LogP contribution in [0.1, 0.15) is 117 Å². The first-order valence-corrected chi connectivity index (χ1v) is 10.5. The maximum Gasteiger partial charge on any atom is 0.305 e. The second kappa shape index (κ2) is 18.8. The lowest BCUT2D eigenvalue weighted by Crippen LogP contribution is -2.14. The molecule has 0 aliphatic heterocycles. The summed E-state index contributed by atoms with van der Waals surface area (Å²) in [6.45, 7) is 4.02. The molecule has 0 saturated carbocycles. The SMILES string of the molecule is CCCCCCCCCCCCCCCCCC(=O)OC[C@H](C)O. The third-order valence-corrected chi connectivity index (χ3v) is 4.47. The smallest absolute Gasteiger partial charge is 0.305 e. The molecule has 3 heteroatoms. The lowest BCUT2D eigenvalue weighted by Gasteiger charge is -2.06. The minimum absolute atomic E-state index is 0.123. The Kier molecular flexibility index (Phi) is 18.3. The molecule has 0 aromatic carbocycles. The maximum absolute atomic E-state index is 11.3. The Morgan fingerprint density at radius 3 is 1.50 bits per heavy atom. The van der Waals surface area contributed by atoms with E-state index in [0.29, 0.717) is 6.42 Å². The van der Waals surface area contributed by atoms with E-state index < -0.39 is 6.10 Å². The van der Waals surface area contributed by atoms with Gasteiger partial charge in [-0.1, -0.05) is 96.8 Å². The van der Waals surface area contributed by atoms with Crippen molar-refractivity contribution in [1.29, 1.82) is 0 Å². The van der Waals surface area contributed by atoms with Crippen LogP contribution < -0.4 is 0 Å². The van der Waals surface area contributed by atoms with Crippen molar-refractivity contribution in [2.24, 2.45) is 0 Å². The Bertz CT molecular complexity index is 264. The number of aliphatic hydroxyl groups excluding tert-OH is 1. The van der Waals surface area contributed by atoms with E-state index in [0.717, 1.165) is 12.8 Å². The molecule has 0 amide bonds. The largest absolute Gasteiger partial charge is 0.463 e. The molecule has 0 aliphatic rings. The summed E-state index contributed by atoms with van der Waals surface area (Å²) in [5, 5.41) is 9.03. The fourth-order valence-corrected chi connectivity index (χ4v) is 2.93. The molecule has 0 aliphatic carbocycles. The number of carbonyl (C=O) groups excluding carboxylic acids is 1. The number of unbranched alkanes of at least 4 members (excludes halogenated alkanes) is 14. The van der Waals surface area contributed by atoms with E-state index >= 15 is 0 Å². The van der Waals surface area contributed by atoms with Gasteiger partial charge in [-0.15, -0.1) is 0 Å². The lowest BCUT2D eigenvalue weighted by molar-refractivity contribution is -0.146. The van der Waals surface area contributed by atoms with Gasteiger partial charge in [0.05, 0.1) is 6.10 Å². The van der Waals surface area contributed by atoms with Crippen molar-refractivity contribution in [2.45, 2.75) is 123 Å². The van der Waals surface area contributed by atoms with Gasteiger partial charge in [0.2, 0.25) is 0 Å². The van der Waals surface area contributed by atoms with Gasteiger partial charge in [0.1, 0.15) is 6.61 Å². The van der Waals surface area contributed by atoms with Gasteiger partial charge in [-0.25, -0.2) is 0 Å². The molecule has 0 fully saturated rings.